The Balaban J connectivity index is 1.86. The van der Waals surface area contributed by atoms with Gasteiger partial charge in [0.15, 0.2) is 0 Å². The van der Waals surface area contributed by atoms with Crippen molar-refractivity contribution in [3.05, 3.63) is 40.8 Å². The Kier molecular flexibility index (Phi) is 13.5. The molecule has 0 atom stereocenters. The van der Waals surface area contributed by atoms with Crippen molar-refractivity contribution in [3.8, 4) is 5.75 Å². The van der Waals surface area contributed by atoms with E-state index in [9.17, 15) is 9.59 Å². The molecule has 0 bridgehead atoms. The molecule has 0 unspecified atom stereocenters. The summed E-state index contributed by atoms with van der Waals surface area (Å²) in [5.74, 6) is 0.114. The minimum absolute atomic E-state index is 0.268. The highest BCUT2D eigenvalue weighted by atomic mass is 32.2. The number of aliphatic carboxylic acids is 1. The Morgan fingerprint density at radius 3 is 2.45 bits per heavy atom. The van der Waals surface area contributed by atoms with Gasteiger partial charge in [-0.3, -0.25) is 14.5 Å². The average Bonchev–Trinajstić information content (AvgIpc) is 3.20. The standard InChI is InChI=1S/C32H46N2O4S2/c1-4-6-11-18-33(19-12-7-5-2)24(3)27-21-26(22-29-31(37)34(23-30(35)36)32(39)40-29)15-16-28(27)38-20-17-25-13-9-8-10-14-25/h15-16,21-22,25H,3-14,17-20,23H2,1-2H3,(H,35,36)/b29-22-. The molecule has 3 rings (SSSR count). The maximum absolute atomic E-state index is 12.9. The fraction of sp³-hybridized carbons (Fsp3) is 0.594. The Labute approximate surface area is 250 Å². The van der Waals surface area contributed by atoms with E-state index in [-0.39, 0.29) is 10.2 Å². The summed E-state index contributed by atoms with van der Waals surface area (Å²) in [7, 11) is 0. The van der Waals surface area contributed by atoms with E-state index in [2.05, 4.69) is 31.4 Å². The van der Waals surface area contributed by atoms with Crippen LogP contribution in [0.2, 0.25) is 0 Å². The van der Waals surface area contributed by atoms with Crippen LogP contribution in [0.1, 0.15) is 102 Å². The third-order valence-electron chi connectivity index (χ3n) is 7.73. The number of carboxylic acids is 1. The van der Waals surface area contributed by atoms with Crippen molar-refractivity contribution in [2.75, 3.05) is 26.2 Å². The monoisotopic (exact) mass is 586 g/mol. The smallest absolute Gasteiger partial charge is 0.323 e. The van der Waals surface area contributed by atoms with Crippen molar-refractivity contribution in [2.24, 2.45) is 5.92 Å². The maximum Gasteiger partial charge on any atom is 0.323 e. The van der Waals surface area contributed by atoms with Crippen LogP contribution in [0.4, 0.5) is 0 Å². The van der Waals surface area contributed by atoms with Crippen molar-refractivity contribution >= 4 is 51.9 Å². The van der Waals surface area contributed by atoms with Crippen LogP contribution in [0.25, 0.3) is 11.8 Å². The molecule has 1 saturated heterocycles. The first-order valence-electron chi connectivity index (χ1n) is 15.0. The van der Waals surface area contributed by atoms with Crippen molar-refractivity contribution in [1.82, 2.24) is 9.80 Å². The third-order valence-corrected chi connectivity index (χ3v) is 9.11. The molecule has 220 valence electrons. The quantitative estimate of drug-likeness (QED) is 0.113. The molecule has 8 heteroatoms. The second kappa shape index (κ2) is 16.8. The first-order valence-corrected chi connectivity index (χ1v) is 16.2. The number of hydrogen-bond acceptors (Lipinski definition) is 6. The van der Waals surface area contributed by atoms with E-state index < -0.39 is 12.5 Å². The number of amides is 1. The van der Waals surface area contributed by atoms with Crippen molar-refractivity contribution < 1.29 is 19.4 Å². The summed E-state index contributed by atoms with van der Waals surface area (Å²) in [6, 6.07) is 5.99. The second-order valence-electron chi connectivity index (χ2n) is 10.9. The predicted molar refractivity (Wildman–Crippen MR) is 170 cm³/mol. The summed E-state index contributed by atoms with van der Waals surface area (Å²) in [4.78, 5) is 28.0. The van der Waals surface area contributed by atoms with Crippen molar-refractivity contribution in [3.63, 3.8) is 0 Å². The number of unbranched alkanes of at least 4 members (excludes halogenated alkanes) is 4. The number of thiocarbonyl (C=S) groups is 1. The number of carbonyl (C=O) groups excluding carboxylic acids is 1. The fourth-order valence-electron chi connectivity index (χ4n) is 5.38. The molecule has 1 aromatic carbocycles. The van der Waals surface area contributed by atoms with Gasteiger partial charge in [0.2, 0.25) is 0 Å². The second-order valence-corrected chi connectivity index (χ2v) is 12.6. The van der Waals surface area contributed by atoms with Gasteiger partial charge in [-0.25, -0.2) is 0 Å². The lowest BCUT2D eigenvalue weighted by molar-refractivity contribution is -0.140. The lowest BCUT2D eigenvalue weighted by atomic mass is 9.87. The molecule has 0 aromatic heterocycles. The molecule has 40 heavy (non-hydrogen) atoms. The largest absolute Gasteiger partial charge is 0.493 e. The van der Waals surface area contributed by atoms with E-state index in [4.69, 9.17) is 22.1 Å². The topological polar surface area (TPSA) is 70.1 Å². The molecule has 1 amide bonds. The first kappa shape index (κ1) is 32.2. The molecule has 1 aromatic rings. The Hall–Kier alpha value is -2.32. The number of nitrogens with zero attached hydrogens (tertiary/aromatic N) is 2. The summed E-state index contributed by atoms with van der Waals surface area (Å²) >= 11 is 6.42. The molecule has 0 radical (unpaired) electrons. The van der Waals surface area contributed by atoms with Gasteiger partial charge < -0.3 is 14.7 Å². The molecule has 1 heterocycles. The highest BCUT2D eigenvalue weighted by molar-refractivity contribution is 8.26. The lowest BCUT2D eigenvalue weighted by Gasteiger charge is -2.29. The Bertz CT molecular complexity index is 1050. The third kappa shape index (κ3) is 9.65. The van der Waals surface area contributed by atoms with Crippen molar-refractivity contribution in [1.29, 1.82) is 0 Å². The molecule has 1 saturated carbocycles. The van der Waals surface area contributed by atoms with E-state index >= 15 is 0 Å². The van der Waals surface area contributed by atoms with E-state index in [1.54, 1.807) is 6.08 Å². The molecule has 2 fully saturated rings. The van der Waals surface area contributed by atoms with E-state index in [0.29, 0.717) is 11.5 Å². The van der Waals surface area contributed by atoms with Crippen LogP contribution in [-0.4, -0.2) is 57.3 Å². The summed E-state index contributed by atoms with van der Waals surface area (Å²) in [6.45, 7) is 11.1. The number of hydrogen-bond donors (Lipinski definition) is 1. The molecule has 1 aliphatic carbocycles. The zero-order chi connectivity index (χ0) is 28.9. The highest BCUT2D eigenvalue weighted by Gasteiger charge is 2.33. The molecule has 2 aliphatic rings. The van der Waals surface area contributed by atoms with E-state index in [1.165, 1.54) is 57.8 Å². The number of ether oxygens (including phenoxy) is 1. The maximum atomic E-state index is 12.9. The van der Waals surface area contributed by atoms with Crippen LogP contribution in [0.3, 0.4) is 0 Å². The molecular weight excluding hydrogens is 540 g/mol. The molecule has 1 aliphatic heterocycles. The van der Waals surface area contributed by atoms with Gasteiger partial charge in [0.05, 0.1) is 11.5 Å². The first-order chi connectivity index (χ1) is 19.3. The van der Waals surface area contributed by atoms with Gasteiger partial charge in [-0.1, -0.05) is 108 Å². The van der Waals surface area contributed by atoms with Gasteiger partial charge in [-0.15, -0.1) is 0 Å². The van der Waals surface area contributed by atoms with Gasteiger partial charge >= 0.3 is 5.97 Å². The summed E-state index contributed by atoms with van der Waals surface area (Å²) in [6.07, 6.45) is 16.4. The van der Waals surface area contributed by atoms with Crippen LogP contribution in [0.15, 0.2) is 29.7 Å². The molecule has 6 nitrogen and oxygen atoms in total. The number of rotatable bonds is 17. The fourth-order valence-corrected chi connectivity index (χ4v) is 6.64. The Morgan fingerprint density at radius 2 is 1.82 bits per heavy atom. The summed E-state index contributed by atoms with van der Waals surface area (Å²) < 4.78 is 6.68. The van der Waals surface area contributed by atoms with Crippen LogP contribution in [0.5, 0.6) is 5.75 Å². The number of thioether (sulfide) groups is 1. The summed E-state index contributed by atoms with van der Waals surface area (Å²) in [5, 5.41) is 9.16. The predicted octanol–water partition coefficient (Wildman–Crippen LogP) is 7.97. The van der Waals surface area contributed by atoms with Gasteiger partial charge in [-0.2, -0.15) is 0 Å². The van der Waals surface area contributed by atoms with E-state index in [0.717, 1.165) is 77.5 Å². The normalized spacial score (nSPS) is 17.1. The highest BCUT2D eigenvalue weighted by Crippen LogP contribution is 2.35. The minimum Gasteiger partial charge on any atom is -0.493 e. The van der Waals surface area contributed by atoms with Gasteiger partial charge in [0.25, 0.3) is 5.91 Å². The van der Waals surface area contributed by atoms with Crippen molar-refractivity contribution in [2.45, 2.75) is 90.9 Å². The van der Waals surface area contributed by atoms with Gasteiger partial charge in [0.1, 0.15) is 16.6 Å². The van der Waals surface area contributed by atoms with Crippen LogP contribution in [0, 0.1) is 5.92 Å². The molecule has 0 spiro atoms. The SMILES string of the molecule is C=C(c1cc(/C=C2\SC(=S)N(CC(=O)O)C2=O)ccc1OCCC1CCCCC1)N(CCCCC)CCCCC. The van der Waals surface area contributed by atoms with E-state index in [1.807, 2.05) is 12.1 Å². The van der Waals surface area contributed by atoms with Crippen LogP contribution < -0.4 is 4.74 Å². The molecule has 1 N–H and O–H groups in total. The summed E-state index contributed by atoms with van der Waals surface area (Å²) in [5.41, 5.74) is 2.74. The molecular formula is C32H46N2O4S2. The average molecular weight is 587 g/mol. The zero-order valence-electron chi connectivity index (χ0n) is 24.3. The lowest BCUT2D eigenvalue weighted by Crippen LogP contribution is -2.33. The van der Waals surface area contributed by atoms with Crippen LogP contribution >= 0.6 is 24.0 Å². The van der Waals surface area contributed by atoms with Gasteiger partial charge in [-0.05, 0) is 49.0 Å². The van der Waals surface area contributed by atoms with Gasteiger partial charge in [0, 0.05) is 24.4 Å². The number of benzene rings is 1. The zero-order valence-corrected chi connectivity index (χ0v) is 25.9. The number of carboxylic acid groups (broad SMARTS) is 1. The number of carbonyl (C=O) groups is 2. The Morgan fingerprint density at radius 1 is 1.15 bits per heavy atom. The van der Waals surface area contributed by atoms with Crippen LogP contribution in [-0.2, 0) is 9.59 Å². The minimum atomic E-state index is -1.09.